The average Bonchev–Trinajstić information content (AvgIpc) is 3.48. The molecule has 0 spiro atoms. The van der Waals surface area contributed by atoms with Crippen LogP contribution in [0.5, 0.6) is 0 Å². The van der Waals surface area contributed by atoms with Crippen LogP contribution in [0.25, 0.3) is 28.4 Å². The Bertz CT molecular complexity index is 1170. The van der Waals surface area contributed by atoms with E-state index in [-0.39, 0.29) is 6.04 Å². The molecule has 4 aromatic rings. The topological polar surface area (TPSA) is 105 Å². The SMILES string of the molecule is CC(N)Cn1cnc2c(N3CCOCC3)cc(-n3ccc(-c4ccn(C)n4)n3)nc21. The van der Waals surface area contributed by atoms with Crippen molar-refractivity contribution in [2.24, 2.45) is 12.8 Å². The summed E-state index contributed by atoms with van der Waals surface area (Å²) in [5.41, 5.74) is 10.4. The van der Waals surface area contributed by atoms with Crippen molar-refractivity contribution < 1.29 is 4.74 Å². The molecule has 156 valence electrons. The lowest BCUT2D eigenvalue weighted by molar-refractivity contribution is 0.123. The van der Waals surface area contributed by atoms with E-state index in [9.17, 15) is 0 Å². The maximum absolute atomic E-state index is 6.04. The minimum absolute atomic E-state index is 0.000142. The molecule has 0 aliphatic carbocycles. The van der Waals surface area contributed by atoms with E-state index < -0.39 is 0 Å². The average molecular weight is 407 g/mol. The Labute approximate surface area is 173 Å². The lowest BCUT2D eigenvalue weighted by Gasteiger charge is -2.29. The summed E-state index contributed by atoms with van der Waals surface area (Å²) >= 11 is 0. The first-order chi connectivity index (χ1) is 14.6. The summed E-state index contributed by atoms with van der Waals surface area (Å²) < 4.78 is 11.1. The van der Waals surface area contributed by atoms with Crippen LogP contribution in [0.2, 0.25) is 0 Å². The monoisotopic (exact) mass is 407 g/mol. The van der Waals surface area contributed by atoms with Gasteiger partial charge in [0, 0.05) is 51.2 Å². The third kappa shape index (κ3) is 3.44. The van der Waals surface area contributed by atoms with Crippen LogP contribution in [0, 0.1) is 0 Å². The normalized spacial score (nSPS) is 15.8. The van der Waals surface area contributed by atoms with Crippen LogP contribution in [0.3, 0.4) is 0 Å². The highest BCUT2D eigenvalue weighted by Crippen LogP contribution is 2.28. The molecular weight excluding hydrogens is 382 g/mol. The highest BCUT2D eigenvalue weighted by Gasteiger charge is 2.20. The van der Waals surface area contributed by atoms with E-state index in [1.165, 1.54) is 0 Å². The Balaban J connectivity index is 1.61. The molecule has 0 radical (unpaired) electrons. The smallest absolute Gasteiger partial charge is 0.164 e. The summed E-state index contributed by atoms with van der Waals surface area (Å²) in [5, 5.41) is 9.15. The second-order valence-electron chi connectivity index (χ2n) is 7.67. The van der Waals surface area contributed by atoms with E-state index in [2.05, 4.69) is 15.0 Å². The predicted octanol–water partition coefficient (Wildman–Crippen LogP) is 1.20. The number of morpholine rings is 1. The molecule has 0 amide bonds. The highest BCUT2D eigenvalue weighted by molar-refractivity contribution is 5.87. The third-order valence-corrected chi connectivity index (χ3v) is 5.18. The van der Waals surface area contributed by atoms with Crippen LogP contribution in [-0.2, 0) is 18.3 Å². The van der Waals surface area contributed by atoms with E-state index in [1.807, 2.05) is 55.5 Å². The molecule has 5 rings (SSSR count). The lowest BCUT2D eigenvalue weighted by atomic mass is 10.2. The van der Waals surface area contributed by atoms with E-state index in [0.29, 0.717) is 19.8 Å². The second kappa shape index (κ2) is 7.54. The van der Waals surface area contributed by atoms with Gasteiger partial charge in [0.1, 0.15) is 16.9 Å². The zero-order valence-electron chi connectivity index (χ0n) is 17.1. The van der Waals surface area contributed by atoms with Gasteiger partial charge in [-0.1, -0.05) is 0 Å². The van der Waals surface area contributed by atoms with Crippen molar-refractivity contribution in [1.82, 2.24) is 34.1 Å². The van der Waals surface area contributed by atoms with Crippen LogP contribution in [0.1, 0.15) is 6.92 Å². The van der Waals surface area contributed by atoms with Gasteiger partial charge in [0.15, 0.2) is 11.5 Å². The van der Waals surface area contributed by atoms with Gasteiger partial charge in [-0.05, 0) is 19.1 Å². The third-order valence-electron chi connectivity index (χ3n) is 5.18. The predicted molar refractivity (Wildman–Crippen MR) is 114 cm³/mol. The number of imidazole rings is 1. The van der Waals surface area contributed by atoms with Gasteiger partial charge < -0.3 is 19.9 Å². The maximum atomic E-state index is 6.04. The summed E-state index contributed by atoms with van der Waals surface area (Å²) in [7, 11) is 1.89. The Morgan fingerprint density at radius 2 is 1.90 bits per heavy atom. The van der Waals surface area contributed by atoms with Crippen LogP contribution in [0.15, 0.2) is 36.9 Å². The molecule has 1 unspecified atom stereocenters. The molecule has 10 nitrogen and oxygen atoms in total. The maximum Gasteiger partial charge on any atom is 0.164 e. The molecule has 0 aromatic carbocycles. The number of rotatable bonds is 5. The van der Waals surface area contributed by atoms with Crippen molar-refractivity contribution in [2.45, 2.75) is 19.5 Å². The van der Waals surface area contributed by atoms with E-state index in [0.717, 1.165) is 47.1 Å². The standard InChI is InChI=1S/C20H25N9O/c1-14(21)12-28-13-22-19-17(27-7-9-30-10-8-27)11-18(23-20(19)28)29-6-4-16(25-29)15-3-5-26(2)24-15/h3-6,11,13-14H,7-10,12,21H2,1-2H3. The number of aryl methyl sites for hydroxylation is 1. The number of fused-ring (bicyclic) bond motifs is 1. The molecule has 1 atom stereocenters. The van der Waals surface area contributed by atoms with E-state index in [4.69, 9.17) is 20.6 Å². The molecule has 0 saturated carbocycles. The zero-order chi connectivity index (χ0) is 20.7. The Morgan fingerprint density at radius 3 is 2.63 bits per heavy atom. The van der Waals surface area contributed by atoms with Crippen molar-refractivity contribution in [3.05, 3.63) is 36.9 Å². The Kier molecular flexibility index (Phi) is 4.72. The van der Waals surface area contributed by atoms with Gasteiger partial charge in [0.2, 0.25) is 0 Å². The van der Waals surface area contributed by atoms with Crippen molar-refractivity contribution in [1.29, 1.82) is 0 Å². The molecule has 5 heterocycles. The molecule has 10 heteroatoms. The van der Waals surface area contributed by atoms with Crippen molar-refractivity contribution >= 4 is 16.9 Å². The number of hydrogen-bond donors (Lipinski definition) is 1. The van der Waals surface area contributed by atoms with Gasteiger partial charge in [-0.25, -0.2) is 14.6 Å². The van der Waals surface area contributed by atoms with Gasteiger partial charge in [-0.3, -0.25) is 4.68 Å². The molecule has 2 N–H and O–H groups in total. The van der Waals surface area contributed by atoms with E-state index >= 15 is 0 Å². The first-order valence-corrected chi connectivity index (χ1v) is 10.1. The number of anilines is 1. The van der Waals surface area contributed by atoms with Crippen LogP contribution in [-0.4, -0.2) is 66.4 Å². The number of nitrogens with zero attached hydrogens (tertiary/aromatic N) is 8. The fourth-order valence-electron chi connectivity index (χ4n) is 3.75. The van der Waals surface area contributed by atoms with Crippen molar-refractivity contribution in [2.75, 3.05) is 31.2 Å². The number of aromatic nitrogens is 7. The molecule has 1 aliphatic rings. The minimum atomic E-state index is 0.000142. The summed E-state index contributed by atoms with van der Waals surface area (Å²) in [6, 6.07) is 5.94. The number of pyridine rings is 1. The summed E-state index contributed by atoms with van der Waals surface area (Å²) in [6.45, 7) is 5.66. The largest absolute Gasteiger partial charge is 0.378 e. The van der Waals surface area contributed by atoms with Gasteiger partial charge in [0.05, 0.1) is 25.2 Å². The summed E-state index contributed by atoms with van der Waals surface area (Å²) in [6.07, 6.45) is 5.63. The molecule has 1 fully saturated rings. The molecule has 1 saturated heterocycles. The van der Waals surface area contributed by atoms with Crippen LogP contribution < -0.4 is 10.6 Å². The fourth-order valence-corrected chi connectivity index (χ4v) is 3.75. The highest BCUT2D eigenvalue weighted by atomic mass is 16.5. The Morgan fingerprint density at radius 1 is 1.13 bits per heavy atom. The molecule has 0 bridgehead atoms. The van der Waals surface area contributed by atoms with Gasteiger partial charge in [-0.2, -0.15) is 10.2 Å². The van der Waals surface area contributed by atoms with Crippen LogP contribution in [0.4, 0.5) is 5.69 Å². The minimum Gasteiger partial charge on any atom is -0.378 e. The summed E-state index contributed by atoms with van der Waals surface area (Å²) in [5.74, 6) is 0.734. The first kappa shape index (κ1) is 18.8. The van der Waals surface area contributed by atoms with E-state index in [1.54, 1.807) is 9.36 Å². The fraction of sp³-hybridized carbons (Fsp3) is 0.400. The first-order valence-electron chi connectivity index (χ1n) is 10.1. The lowest BCUT2D eigenvalue weighted by Crippen LogP contribution is -2.36. The van der Waals surface area contributed by atoms with Crippen molar-refractivity contribution in [3.8, 4) is 17.2 Å². The summed E-state index contributed by atoms with van der Waals surface area (Å²) in [4.78, 5) is 11.8. The molecule has 1 aliphatic heterocycles. The van der Waals surface area contributed by atoms with Crippen molar-refractivity contribution in [3.63, 3.8) is 0 Å². The molecule has 30 heavy (non-hydrogen) atoms. The van der Waals surface area contributed by atoms with Gasteiger partial charge in [0.25, 0.3) is 0 Å². The number of ether oxygens (including phenoxy) is 1. The van der Waals surface area contributed by atoms with Gasteiger partial charge >= 0.3 is 0 Å². The number of nitrogens with two attached hydrogens (primary N) is 1. The zero-order valence-corrected chi connectivity index (χ0v) is 17.1. The van der Waals surface area contributed by atoms with Crippen LogP contribution >= 0.6 is 0 Å². The quantitative estimate of drug-likeness (QED) is 0.530. The number of hydrogen-bond acceptors (Lipinski definition) is 7. The molecule has 4 aromatic heterocycles. The molecular formula is C20H25N9O. The van der Waals surface area contributed by atoms with Gasteiger partial charge in [-0.15, -0.1) is 0 Å². The Hall–Kier alpha value is -3.24. The second-order valence-corrected chi connectivity index (χ2v) is 7.67.